The van der Waals surface area contributed by atoms with Gasteiger partial charge in [0.25, 0.3) is 0 Å². The molecule has 0 N–H and O–H groups in total. The first-order valence-corrected chi connectivity index (χ1v) is 6.98. The summed E-state index contributed by atoms with van der Waals surface area (Å²) in [6, 6.07) is 11.2. The smallest absolute Gasteiger partial charge is 0.137 e. The summed E-state index contributed by atoms with van der Waals surface area (Å²) in [6.07, 6.45) is 0. The van der Waals surface area contributed by atoms with Crippen molar-refractivity contribution in [3.05, 3.63) is 46.9 Å². The number of halogens is 1. The second-order valence-corrected chi connectivity index (χ2v) is 6.23. The van der Waals surface area contributed by atoms with E-state index in [2.05, 4.69) is 16.0 Å². The summed E-state index contributed by atoms with van der Waals surface area (Å²) in [7, 11) is 1.91. The number of nitriles is 1. The molecule has 0 spiro atoms. The quantitative estimate of drug-likeness (QED) is 0.785. The topological polar surface area (TPSA) is 52.8 Å². The van der Waals surface area contributed by atoms with E-state index in [9.17, 15) is 0 Å². The molecule has 5 heteroatoms. The zero-order chi connectivity index (χ0) is 15.6. The Labute approximate surface area is 130 Å². The summed E-state index contributed by atoms with van der Waals surface area (Å²) in [4.78, 5) is 10.8. The van der Waals surface area contributed by atoms with Gasteiger partial charge in [0.1, 0.15) is 16.8 Å². The molecule has 2 rings (SSSR count). The maximum atomic E-state index is 8.84. The lowest BCUT2D eigenvalue weighted by Crippen LogP contribution is -2.19. The molecule has 0 saturated heterocycles. The van der Waals surface area contributed by atoms with Crippen LogP contribution in [0.5, 0.6) is 0 Å². The molecule has 1 aromatic heterocycles. The van der Waals surface area contributed by atoms with Gasteiger partial charge in [0.15, 0.2) is 0 Å². The molecule has 0 aliphatic heterocycles. The van der Waals surface area contributed by atoms with Crippen molar-refractivity contribution in [3.63, 3.8) is 0 Å². The van der Waals surface area contributed by atoms with Crippen LogP contribution in [-0.4, -0.2) is 17.0 Å². The van der Waals surface area contributed by atoms with E-state index in [4.69, 9.17) is 16.9 Å². The van der Waals surface area contributed by atoms with Crippen LogP contribution in [0.3, 0.4) is 0 Å². The second kappa shape index (κ2) is 5.71. The summed E-state index contributed by atoms with van der Waals surface area (Å²) in [6.45, 7) is 6.14. The third-order valence-electron chi connectivity index (χ3n) is 3.08. The zero-order valence-corrected chi connectivity index (χ0v) is 13.3. The predicted octanol–water partition coefficient (Wildman–Crippen LogP) is 4.07. The van der Waals surface area contributed by atoms with Crippen molar-refractivity contribution in [2.24, 2.45) is 0 Å². The van der Waals surface area contributed by atoms with Crippen molar-refractivity contribution in [1.29, 1.82) is 5.26 Å². The lowest BCUT2D eigenvalue weighted by molar-refractivity contribution is 0.545. The van der Waals surface area contributed by atoms with Crippen molar-refractivity contribution in [3.8, 4) is 6.07 Å². The van der Waals surface area contributed by atoms with Gasteiger partial charge >= 0.3 is 0 Å². The van der Waals surface area contributed by atoms with Crippen molar-refractivity contribution >= 4 is 23.1 Å². The summed E-state index contributed by atoms with van der Waals surface area (Å²) >= 11 is 6.11. The maximum absolute atomic E-state index is 8.84. The molecular formula is C16H17ClN4. The Morgan fingerprint density at radius 2 is 1.76 bits per heavy atom. The number of benzene rings is 1. The van der Waals surface area contributed by atoms with Gasteiger partial charge in [-0.05, 0) is 24.3 Å². The number of rotatable bonds is 2. The Kier molecular flexibility index (Phi) is 4.15. The van der Waals surface area contributed by atoms with Crippen molar-refractivity contribution in [2.75, 3.05) is 11.9 Å². The van der Waals surface area contributed by atoms with Crippen LogP contribution in [-0.2, 0) is 5.41 Å². The number of hydrogen-bond donors (Lipinski definition) is 0. The first kappa shape index (κ1) is 15.3. The van der Waals surface area contributed by atoms with E-state index in [1.165, 1.54) is 0 Å². The highest BCUT2D eigenvalue weighted by atomic mass is 35.5. The minimum absolute atomic E-state index is 0.175. The highest BCUT2D eigenvalue weighted by Gasteiger charge is 2.20. The lowest BCUT2D eigenvalue weighted by atomic mass is 9.96. The van der Waals surface area contributed by atoms with Crippen LogP contribution in [0.15, 0.2) is 30.3 Å². The molecule has 0 bridgehead atoms. The highest BCUT2D eigenvalue weighted by Crippen LogP contribution is 2.27. The Morgan fingerprint density at radius 3 is 2.29 bits per heavy atom. The molecule has 4 nitrogen and oxygen atoms in total. The Balaban J connectivity index is 2.40. The van der Waals surface area contributed by atoms with E-state index < -0.39 is 0 Å². The van der Waals surface area contributed by atoms with Crippen LogP contribution in [0, 0.1) is 11.3 Å². The standard InChI is InChI=1S/C16H17ClN4/c1-16(2,3)15-19-13(17)9-14(20-15)21(4)12-7-5-11(10-18)6-8-12/h5-9H,1-4H3. The fourth-order valence-corrected chi connectivity index (χ4v) is 1.98. The molecule has 0 radical (unpaired) electrons. The van der Waals surface area contributed by atoms with Crippen LogP contribution in [0.2, 0.25) is 5.15 Å². The molecule has 0 atom stereocenters. The molecule has 0 unspecified atom stereocenters. The van der Waals surface area contributed by atoms with E-state index in [0.717, 1.165) is 11.5 Å². The number of aromatic nitrogens is 2. The fraction of sp³-hybridized carbons (Fsp3) is 0.312. The molecule has 0 fully saturated rings. The van der Waals surface area contributed by atoms with Gasteiger partial charge in [-0.15, -0.1) is 0 Å². The first-order valence-electron chi connectivity index (χ1n) is 6.60. The van der Waals surface area contributed by atoms with Crippen LogP contribution in [0.25, 0.3) is 0 Å². The first-order chi connectivity index (χ1) is 9.81. The zero-order valence-electron chi connectivity index (χ0n) is 12.6. The van der Waals surface area contributed by atoms with Crippen molar-refractivity contribution in [1.82, 2.24) is 9.97 Å². The van der Waals surface area contributed by atoms with Gasteiger partial charge in [0.2, 0.25) is 0 Å². The second-order valence-electron chi connectivity index (χ2n) is 5.84. The van der Waals surface area contributed by atoms with E-state index in [0.29, 0.717) is 16.5 Å². The molecule has 0 aliphatic rings. The summed E-state index contributed by atoms with van der Waals surface area (Å²) in [5, 5.41) is 9.27. The van der Waals surface area contributed by atoms with Gasteiger partial charge in [-0.2, -0.15) is 5.26 Å². The van der Waals surface area contributed by atoms with E-state index >= 15 is 0 Å². The Hall–Kier alpha value is -2.12. The van der Waals surface area contributed by atoms with Crippen LogP contribution in [0.1, 0.15) is 32.2 Å². The average molecular weight is 301 g/mol. The van der Waals surface area contributed by atoms with Gasteiger partial charge < -0.3 is 4.90 Å². The Bertz CT molecular complexity index is 681. The summed E-state index contributed by atoms with van der Waals surface area (Å²) in [5.74, 6) is 1.43. The molecule has 0 aliphatic carbocycles. The largest absolute Gasteiger partial charge is 0.329 e. The molecule has 21 heavy (non-hydrogen) atoms. The molecule has 0 saturated carbocycles. The minimum Gasteiger partial charge on any atom is -0.329 e. The summed E-state index contributed by atoms with van der Waals surface area (Å²) in [5.41, 5.74) is 1.39. The molecule has 1 aromatic carbocycles. The fourth-order valence-electron chi connectivity index (χ4n) is 1.80. The highest BCUT2D eigenvalue weighted by molar-refractivity contribution is 6.29. The van der Waals surface area contributed by atoms with Crippen molar-refractivity contribution < 1.29 is 0 Å². The predicted molar refractivity (Wildman–Crippen MR) is 85.0 cm³/mol. The number of nitrogens with zero attached hydrogens (tertiary/aromatic N) is 4. The van der Waals surface area contributed by atoms with Gasteiger partial charge in [-0.25, -0.2) is 9.97 Å². The molecule has 1 heterocycles. The normalized spacial score (nSPS) is 11.0. The maximum Gasteiger partial charge on any atom is 0.137 e. The third-order valence-corrected chi connectivity index (χ3v) is 3.27. The van der Waals surface area contributed by atoms with Gasteiger partial charge in [0.05, 0.1) is 11.6 Å². The van der Waals surface area contributed by atoms with Gasteiger partial charge in [-0.1, -0.05) is 32.4 Å². The van der Waals surface area contributed by atoms with Crippen molar-refractivity contribution in [2.45, 2.75) is 26.2 Å². The van der Waals surface area contributed by atoms with Gasteiger partial charge in [0, 0.05) is 24.2 Å². The SMILES string of the molecule is CN(c1ccc(C#N)cc1)c1cc(Cl)nc(C(C)(C)C)n1. The molecule has 108 valence electrons. The number of anilines is 2. The lowest BCUT2D eigenvalue weighted by Gasteiger charge is -2.22. The molecular weight excluding hydrogens is 284 g/mol. The molecule has 0 amide bonds. The van der Waals surface area contributed by atoms with Crippen LogP contribution in [0.4, 0.5) is 11.5 Å². The summed E-state index contributed by atoms with van der Waals surface area (Å²) < 4.78 is 0. The van der Waals surface area contributed by atoms with Gasteiger partial charge in [-0.3, -0.25) is 0 Å². The van der Waals surface area contributed by atoms with E-state index in [-0.39, 0.29) is 5.41 Å². The van der Waals surface area contributed by atoms with E-state index in [1.54, 1.807) is 18.2 Å². The third kappa shape index (κ3) is 3.50. The van der Waals surface area contributed by atoms with E-state index in [1.807, 2.05) is 44.9 Å². The monoisotopic (exact) mass is 300 g/mol. The van der Waals surface area contributed by atoms with Crippen LogP contribution < -0.4 is 4.90 Å². The van der Waals surface area contributed by atoms with Crippen LogP contribution >= 0.6 is 11.6 Å². The average Bonchev–Trinajstić information content (AvgIpc) is 2.45. The number of hydrogen-bond acceptors (Lipinski definition) is 4. The minimum atomic E-state index is -0.175. The Morgan fingerprint density at radius 1 is 1.14 bits per heavy atom. The molecule has 2 aromatic rings.